The average molecular weight is 388 g/mol. The number of fused-ring (bicyclic) bond motifs is 5. The van der Waals surface area contributed by atoms with Crippen molar-refractivity contribution < 1.29 is 9.90 Å². The molecule has 0 radical (unpaired) electrons. The van der Waals surface area contributed by atoms with Gasteiger partial charge in [-0.3, -0.25) is 4.79 Å². The topological polar surface area (TPSA) is 40.5 Å². The van der Waals surface area contributed by atoms with Gasteiger partial charge in [0.15, 0.2) is 0 Å². The Morgan fingerprint density at radius 2 is 1.93 bits per heavy atom. The van der Waals surface area contributed by atoms with E-state index in [2.05, 4.69) is 19.9 Å². The molecular weight excluding hydrogens is 346 g/mol. The minimum atomic E-state index is -0.106. The third-order valence-electron chi connectivity index (χ3n) is 9.72. The highest BCUT2D eigenvalue weighted by Crippen LogP contribution is 2.66. The average Bonchev–Trinajstić information content (AvgIpc) is 2.99. The molecule has 4 rings (SSSR count). The first-order valence-electron chi connectivity index (χ1n) is 11.8. The number of rotatable bonds is 4. The van der Waals surface area contributed by atoms with Crippen molar-refractivity contribution in [3.8, 4) is 0 Å². The highest BCUT2D eigenvalue weighted by Gasteiger charge is 2.58. The summed E-state index contributed by atoms with van der Waals surface area (Å²) >= 11 is 0. The quantitative estimate of drug-likeness (QED) is 0.675. The number of nitrogens with zero attached hydrogens (tertiary/aromatic N) is 1. The molecule has 5 unspecified atom stereocenters. The van der Waals surface area contributed by atoms with Crippen molar-refractivity contribution in [3.05, 3.63) is 11.6 Å². The van der Waals surface area contributed by atoms with Crippen LogP contribution in [-0.2, 0) is 4.79 Å². The van der Waals surface area contributed by atoms with Gasteiger partial charge in [0.1, 0.15) is 0 Å². The lowest BCUT2D eigenvalue weighted by Gasteiger charge is -2.58. The Hall–Kier alpha value is -0.830. The molecule has 158 valence electrons. The van der Waals surface area contributed by atoms with Crippen LogP contribution in [0.25, 0.3) is 0 Å². The number of hydrogen-bond donors (Lipinski definition) is 1. The summed E-state index contributed by atoms with van der Waals surface area (Å²) in [5, 5.41) is 10.2. The van der Waals surface area contributed by atoms with Crippen LogP contribution in [0.15, 0.2) is 11.6 Å². The van der Waals surface area contributed by atoms with Gasteiger partial charge in [-0.2, -0.15) is 0 Å². The molecule has 4 aliphatic carbocycles. The molecule has 4 aliphatic rings. The van der Waals surface area contributed by atoms with Gasteiger partial charge in [-0.05, 0) is 98.7 Å². The number of aliphatic hydroxyl groups is 1. The Morgan fingerprint density at radius 3 is 2.68 bits per heavy atom. The molecule has 0 aromatic carbocycles. The number of allylic oxidation sites excluding steroid dienone is 1. The molecule has 0 heterocycles. The predicted molar refractivity (Wildman–Crippen MR) is 114 cm³/mol. The Kier molecular flexibility index (Phi) is 5.44. The molecule has 0 aromatic heterocycles. The molecule has 0 spiro atoms. The highest BCUT2D eigenvalue weighted by atomic mass is 16.3. The monoisotopic (exact) mass is 387 g/mol. The Morgan fingerprint density at radius 1 is 1.14 bits per heavy atom. The fourth-order valence-corrected chi connectivity index (χ4v) is 7.95. The normalized spacial score (nSPS) is 44.9. The van der Waals surface area contributed by atoms with Crippen LogP contribution in [0.1, 0.15) is 84.5 Å². The van der Waals surface area contributed by atoms with E-state index in [0.717, 1.165) is 42.9 Å². The summed E-state index contributed by atoms with van der Waals surface area (Å²) in [5.41, 5.74) is 2.41. The fraction of sp³-hybridized carbons (Fsp3) is 0.880. The summed E-state index contributed by atoms with van der Waals surface area (Å²) in [4.78, 5) is 13.7. The first kappa shape index (κ1) is 20.4. The zero-order valence-electron chi connectivity index (χ0n) is 18.5. The Labute approximate surface area is 172 Å². The second-order valence-corrected chi connectivity index (χ2v) is 11.2. The maximum Gasteiger partial charge on any atom is 0.222 e. The van der Waals surface area contributed by atoms with Crippen LogP contribution in [0.5, 0.6) is 0 Å². The SMILES string of the molecule is CN(C)C(=O)CCCC1CCC2C3CC=C4C[C@@H](O)CCC4(C)C3CC[C@]12C. The van der Waals surface area contributed by atoms with E-state index in [4.69, 9.17) is 0 Å². The van der Waals surface area contributed by atoms with Crippen molar-refractivity contribution in [3.63, 3.8) is 0 Å². The third kappa shape index (κ3) is 3.26. The molecule has 0 aromatic rings. The molecule has 3 saturated carbocycles. The lowest BCUT2D eigenvalue weighted by molar-refractivity contribution is -0.128. The summed E-state index contributed by atoms with van der Waals surface area (Å²) < 4.78 is 0. The molecule has 7 atom stereocenters. The molecule has 1 N–H and O–H groups in total. The second-order valence-electron chi connectivity index (χ2n) is 11.2. The standard InChI is InChI=1S/C25H41NO2/c1-24-15-13-22-20(10-8-18-16-19(27)12-14-25(18,22)2)21(24)11-9-17(24)6-5-7-23(28)26(3)4/h8,17,19-22,27H,5-7,9-16H2,1-4H3/t17?,19-,20?,21?,22?,24+,25?/m0/s1. The molecule has 3 nitrogen and oxygen atoms in total. The van der Waals surface area contributed by atoms with Crippen LogP contribution in [0.2, 0.25) is 0 Å². The Balaban J connectivity index is 1.45. The second kappa shape index (κ2) is 7.45. The van der Waals surface area contributed by atoms with Gasteiger partial charge in [0.25, 0.3) is 0 Å². The van der Waals surface area contributed by atoms with Crippen molar-refractivity contribution in [2.75, 3.05) is 14.1 Å². The number of aliphatic hydroxyl groups excluding tert-OH is 1. The van der Waals surface area contributed by atoms with Crippen molar-refractivity contribution >= 4 is 5.91 Å². The smallest absolute Gasteiger partial charge is 0.222 e. The maximum atomic E-state index is 12.0. The van der Waals surface area contributed by atoms with Crippen molar-refractivity contribution in [1.82, 2.24) is 4.90 Å². The third-order valence-corrected chi connectivity index (χ3v) is 9.72. The summed E-state index contributed by atoms with van der Waals surface area (Å²) in [6.45, 7) is 5.11. The summed E-state index contributed by atoms with van der Waals surface area (Å²) in [5.74, 6) is 3.62. The number of hydrogen-bond acceptors (Lipinski definition) is 2. The van der Waals surface area contributed by atoms with E-state index in [1.807, 2.05) is 14.1 Å². The van der Waals surface area contributed by atoms with E-state index in [-0.39, 0.29) is 12.0 Å². The van der Waals surface area contributed by atoms with E-state index in [0.29, 0.717) is 17.3 Å². The van der Waals surface area contributed by atoms with Gasteiger partial charge in [0.05, 0.1) is 6.10 Å². The fourth-order valence-electron chi connectivity index (χ4n) is 7.95. The van der Waals surface area contributed by atoms with E-state index >= 15 is 0 Å². The van der Waals surface area contributed by atoms with Crippen molar-refractivity contribution in [1.29, 1.82) is 0 Å². The first-order chi connectivity index (χ1) is 13.3. The number of amides is 1. The van der Waals surface area contributed by atoms with Crippen LogP contribution in [0.4, 0.5) is 0 Å². The van der Waals surface area contributed by atoms with Gasteiger partial charge < -0.3 is 10.0 Å². The van der Waals surface area contributed by atoms with E-state index in [1.54, 1.807) is 10.5 Å². The molecule has 1 amide bonds. The molecule has 0 saturated heterocycles. The van der Waals surface area contributed by atoms with Gasteiger partial charge in [-0.15, -0.1) is 0 Å². The van der Waals surface area contributed by atoms with Gasteiger partial charge >= 0.3 is 0 Å². The minimum absolute atomic E-state index is 0.106. The van der Waals surface area contributed by atoms with Crippen LogP contribution < -0.4 is 0 Å². The predicted octanol–water partition coefficient (Wildman–Crippen LogP) is 5.18. The molecule has 0 bridgehead atoms. The zero-order valence-corrected chi connectivity index (χ0v) is 18.5. The maximum absolute atomic E-state index is 12.0. The number of carbonyl (C=O) groups is 1. The van der Waals surface area contributed by atoms with E-state index < -0.39 is 0 Å². The van der Waals surface area contributed by atoms with Gasteiger partial charge in [0.2, 0.25) is 5.91 Å². The first-order valence-corrected chi connectivity index (χ1v) is 11.8. The van der Waals surface area contributed by atoms with Crippen molar-refractivity contribution in [2.45, 2.75) is 90.6 Å². The minimum Gasteiger partial charge on any atom is -0.393 e. The summed E-state index contributed by atoms with van der Waals surface area (Å²) in [6, 6.07) is 0. The molecule has 0 aliphatic heterocycles. The van der Waals surface area contributed by atoms with Crippen LogP contribution in [-0.4, -0.2) is 36.1 Å². The lowest BCUT2D eigenvalue weighted by atomic mass is 9.47. The van der Waals surface area contributed by atoms with Gasteiger partial charge in [-0.1, -0.05) is 25.5 Å². The summed E-state index contributed by atoms with van der Waals surface area (Å²) in [7, 11) is 3.73. The highest BCUT2D eigenvalue weighted by molar-refractivity contribution is 5.75. The van der Waals surface area contributed by atoms with E-state index in [1.165, 1.54) is 44.9 Å². The molecular formula is C25H41NO2. The van der Waals surface area contributed by atoms with Crippen molar-refractivity contribution in [2.24, 2.45) is 34.5 Å². The van der Waals surface area contributed by atoms with Crippen LogP contribution in [0, 0.1) is 34.5 Å². The van der Waals surface area contributed by atoms with Gasteiger partial charge in [-0.25, -0.2) is 0 Å². The zero-order chi connectivity index (χ0) is 20.1. The van der Waals surface area contributed by atoms with Crippen LogP contribution >= 0.6 is 0 Å². The largest absolute Gasteiger partial charge is 0.393 e. The Bertz CT molecular complexity index is 640. The molecule has 3 heteroatoms. The van der Waals surface area contributed by atoms with Gasteiger partial charge in [0, 0.05) is 20.5 Å². The number of carbonyl (C=O) groups excluding carboxylic acids is 1. The lowest BCUT2D eigenvalue weighted by Crippen LogP contribution is -2.50. The van der Waals surface area contributed by atoms with Crippen LogP contribution in [0.3, 0.4) is 0 Å². The summed E-state index contributed by atoms with van der Waals surface area (Å²) in [6.07, 6.45) is 15.3. The van der Waals surface area contributed by atoms with E-state index in [9.17, 15) is 9.90 Å². The molecule has 3 fully saturated rings. The molecule has 28 heavy (non-hydrogen) atoms.